The lowest BCUT2D eigenvalue weighted by Crippen LogP contribution is -2.12. The predicted octanol–water partition coefficient (Wildman–Crippen LogP) is 4.10. The number of benzene rings is 1. The number of nitrogens with one attached hydrogen (secondary N) is 1. The summed E-state index contributed by atoms with van der Waals surface area (Å²) >= 11 is 7.36. The average Bonchev–Trinajstić information content (AvgIpc) is 2.81. The van der Waals surface area contributed by atoms with Gasteiger partial charge in [0.25, 0.3) is 0 Å². The highest BCUT2D eigenvalue weighted by Crippen LogP contribution is 2.29. The highest BCUT2D eigenvalue weighted by molar-refractivity contribution is 7.15. The van der Waals surface area contributed by atoms with Gasteiger partial charge in [0.1, 0.15) is 10.8 Å². The van der Waals surface area contributed by atoms with Gasteiger partial charge in [0.15, 0.2) is 0 Å². The first-order valence-corrected chi connectivity index (χ1v) is 7.01. The number of hydrogen-bond acceptors (Lipinski definition) is 3. The third-order valence-electron chi connectivity index (χ3n) is 2.44. The van der Waals surface area contributed by atoms with Crippen LogP contribution in [0.15, 0.2) is 24.4 Å². The largest absolute Gasteiger partial charge is 0.312 e. The van der Waals surface area contributed by atoms with E-state index in [0.717, 1.165) is 24.4 Å². The summed E-state index contributed by atoms with van der Waals surface area (Å²) in [5.41, 5.74) is 0.467. The molecule has 0 amide bonds. The second-order valence-corrected chi connectivity index (χ2v) is 5.48. The van der Waals surface area contributed by atoms with Gasteiger partial charge in [0.2, 0.25) is 0 Å². The lowest BCUT2D eigenvalue weighted by atomic mass is 10.2. The zero-order chi connectivity index (χ0) is 13.0. The minimum absolute atomic E-state index is 0.290. The zero-order valence-corrected chi connectivity index (χ0v) is 11.6. The van der Waals surface area contributed by atoms with Crippen molar-refractivity contribution in [3.05, 3.63) is 40.1 Å². The van der Waals surface area contributed by atoms with E-state index in [4.69, 9.17) is 11.6 Å². The van der Waals surface area contributed by atoms with E-state index in [2.05, 4.69) is 17.2 Å². The predicted molar refractivity (Wildman–Crippen MR) is 74.5 cm³/mol. The second kappa shape index (κ2) is 6.27. The monoisotopic (exact) mass is 284 g/mol. The maximum atomic E-state index is 13.7. The average molecular weight is 285 g/mol. The molecule has 2 rings (SSSR count). The van der Waals surface area contributed by atoms with Crippen molar-refractivity contribution in [2.45, 2.75) is 19.9 Å². The first-order valence-electron chi connectivity index (χ1n) is 5.81. The summed E-state index contributed by atoms with van der Waals surface area (Å²) in [4.78, 5) is 5.34. The first kappa shape index (κ1) is 13.5. The second-order valence-electron chi connectivity index (χ2n) is 3.93. The van der Waals surface area contributed by atoms with Crippen molar-refractivity contribution < 1.29 is 4.39 Å². The molecule has 2 aromatic rings. The van der Waals surface area contributed by atoms with Crippen molar-refractivity contribution in [1.29, 1.82) is 0 Å². The van der Waals surface area contributed by atoms with Gasteiger partial charge in [-0.25, -0.2) is 9.37 Å². The van der Waals surface area contributed by atoms with E-state index in [1.54, 1.807) is 12.3 Å². The van der Waals surface area contributed by atoms with Gasteiger partial charge in [-0.15, -0.1) is 11.3 Å². The van der Waals surface area contributed by atoms with E-state index >= 15 is 0 Å². The molecule has 2 nitrogen and oxygen atoms in total. The minimum Gasteiger partial charge on any atom is -0.312 e. The fourth-order valence-electron chi connectivity index (χ4n) is 1.56. The molecule has 0 fully saturated rings. The van der Waals surface area contributed by atoms with Gasteiger partial charge in [-0.05, 0) is 31.2 Å². The Morgan fingerprint density at radius 2 is 2.28 bits per heavy atom. The molecule has 0 atom stereocenters. The van der Waals surface area contributed by atoms with Crippen LogP contribution in [-0.4, -0.2) is 11.5 Å². The van der Waals surface area contributed by atoms with Gasteiger partial charge in [0.05, 0.1) is 0 Å². The lowest BCUT2D eigenvalue weighted by molar-refractivity contribution is 0.631. The SMILES string of the molecule is CCCNCc1cnc(-c2cc(Cl)ccc2F)s1. The standard InChI is InChI=1S/C13H14ClFN2S/c1-2-5-16-7-10-8-17-13(18-10)11-6-9(14)3-4-12(11)15/h3-4,6,8,16H,2,5,7H2,1H3. The van der Waals surface area contributed by atoms with Crippen molar-refractivity contribution in [3.63, 3.8) is 0 Å². The maximum absolute atomic E-state index is 13.7. The van der Waals surface area contributed by atoms with Crippen molar-refractivity contribution in [2.75, 3.05) is 6.54 Å². The van der Waals surface area contributed by atoms with Gasteiger partial charge < -0.3 is 5.32 Å². The van der Waals surface area contributed by atoms with E-state index < -0.39 is 0 Å². The molecule has 18 heavy (non-hydrogen) atoms. The van der Waals surface area contributed by atoms with Crippen LogP contribution in [-0.2, 0) is 6.54 Å². The normalized spacial score (nSPS) is 10.8. The zero-order valence-electron chi connectivity index (χ0n) is 10.0. The molecule has 96 valence electrons. The van der Waals surface area contributed by atoms with Gasteiger partial charge in [0, 0.05) is 28.2 Å². The Kier molecular flexibility index (Phi) is 4.69. The summed E-state index contributed by atoms with van der Waals surface area (Å²) in [7, 11) is 0. The summed E-state index contributed by atoms with van der Waals surface area (Å²) in [5.74, 6) is -0.290. The molecule has 0 bridgehead atoms. The molecule has 1 aromatic heterocycles. The van der Waals surface area contributed by atoms with Crippen LogP contribution in [0.4, 0.5) is 4.39 Å². The highest BCUT2D eigenvalue weighted by Gasteiger charge is 2.10. The van der Waals surface area contributed by atoms with Crippen LogP contribution >= 0.6 is 22.9 Å². The van der Waals surface area contributed by atoms with Gasteiger partial charge in [-0.1, -0.05) is 18.5 Å². The van der Waals surface area contributed by atoms with Crippen molar-refractivity contribution in [1.82, 2.24) is 10.3 Å². The molecule has 1 heterocycles. The molecule has 5 heteroatoms. The third-order valence-corrected chi connectivity index (χ3v) is 3.70. The Morgan fingerprint density at radius 1 is 1.44 bits per heavy atom. The van der Waals surface area contributed by atoms with Crippen molar-refractivity contribution >= 4 is 22.9 Å². The Labute approximate surface area is 115 Å². The molecule has 0 radical (unpaired) electrons. The molecule has 1 N–H and O–H groups in total. The number of nitrogens with zero attached hydrogens (tertiary/aromatic N) is 1. The van der Waals surface area contributed by atoms with Gasteiger partial charge >= 0.3 is 0 Å². The topological polar surface area (TPSA) is 24.9 Å². The van der Waals surface area contributed by atoms with Crippen LogP contribution < -0.4 is 5.32 Å². The molecular formula is C13H14ClFN2S. The Morgan fingerprint density at radius 3 is 3.06 bits per heavy atom. The van der Waals surface area contributed by atoms with Crippen molar-refractivity contribution in [2.24, 2.45) is 0 Å². The number of rotatable bonds is 5. The number of hydrogen-bond donors (Lipinski definition) is 1. The summed E-state index contributed by atoms with van der Waals surface area (Å²) in [6.45, 7) is 3.86. The number of thiazole rings is 1. The van der Waals surface area contributed by atoms with E-state index in [1.165, 1.54) is 23.5 Å². The molecule has 0 spiro atoms. The Balaban J connectivity index is 2.16. The highest BCUT2D eigenvalue weighted by atomic mass is 35.5. The number of halogens is 2. The smallest absolute Gasteiger partial charge is 0.133 e. The van der Waals surface area contributed by atoms with Crippen LogP contribution in [0.25, 0.3) is 10.6 Å². The van der Waals surface area contributed by atoms with Crippen LogP contribution in [0.1, 0.15) is 18.2 Å². The number of aromatic nitrogens is 1. The Bertz CT molecular complexity index is 527. The molecule has 0 aliphatic carbocycles. The molecule has 0 saturated carbocycles. The molecule has 0 aliphatic heterocycles. The van der Waals surface area contributed by atoms with Gasteiger partial charge in [-0.3, -0.25) is 0 Å². The lowest BCUT2D eigenvalue weighted by Gasteiger charge is -2.00. The molecule has 0 aliphatic rings. The first-order chi connectivity index (χ1) is 8.70. The molecule has 0 unspecified atom stereocenters. The summed E-state index contributed by atoms with van der Waals surface area (Å²) < 4.78 is 13.7. The summed E-state index contributed by atoms with van der Waals surface area (Å²) in [5, 5.41) is 4.48. The minimum atomic E-state index is -0.290. The fraction of sp³-hybridized carbons (Fsp3) is 0.308. The van der Waals surface area contributed by atoms with E-state index in [1.807, 2.05) is 0 Å². The van der Waals surface area contributed by atoms with Crippen LogP contribution in [0.2, 0.25) is 5.02 Å². The molecule has 0 saturated heterocycles. The molecule has 1 aromatic carbocycles. The van der Waals surface area contributed by atoms with Crippen molar-refractivity contribution in [3.8, 4) is 10.6 Å². The summed E-state index contributed by atoms with van der Waals surface area (Å²) in [6.07, 6.45) is 2.87. The van der Waals surface area contributed by atoms with Crippen LogP contribution in [0, 0.1) is 5.82 Å². The van der Waals surface area contributed by atoms with E-state index in [9.17, 15) is 4.39 Å². The Hall–Kier alpha value is -0.970. The van der Waals surface area contributed by atoms with E-state index in [-0.39, 0.29) is 5.82 Å². The quantitative estimate of drug-likeness (QED) is 0.836. The van der Waals surface area contributed by atoms with Crippen LogP contribution in [0.3, 0.4) is 0 Å². The fourth-order valence-corrected chi connectivity index (χ4v) is 2.64. The maximum Gasteiger partial charge on any atom is 0.133 e. The third kappa shape index (κ3) is 3.28. The summed E-state index contributed by atoms with van der Waals surface area (Å²) in [6, 6.07) is 4.52. The van der Waals surface area contributed by atoms with E-state index in [0.29, 0.717) is 15.6 Å². The van der Waals surface area contributed by atoms with Crippen LogP contribution in [0.5, 0.6) is 0 Å². The molecular weight excluding hydrogens is 271 g/mol. The van der Waals surface area contributed by atoms with Gasteiger partial charge in [-0.2, -0.15) is 0 Å².